The second-order valence-electron chi connectivity index (χ2n) is 10.4. The molecular weight excluding hydrogens is 497 g/mol. The van der Waals surface area contributed by atoms with Crippen LogP contribution in [0.5, 0.6) is 0 Å². The fourth-order valence-electron chi connectivity index (χ4n) is 6.15. The molecule has 1 aliphatic carbocycles. The zero-order valence-corrected chi connectivity index (χ0v) is 22.2. The third-order valence-corrected chi connectivity index (χ3v) is 8.38. The van der Waals surface area contributed by atoms with E-state index < -0.39 is 5.54 Å². The van der Waals surface area contributed by atoms with Gasteiger partial charge in [-0.15, -0.1) is 0 Å². The molecule has 2 heterocycles. The van der Waals surface area contributed by atoms with Crippen molar-refractivity contribution >= 4 is 40.7 Å². The number of hydrogen-bond donors (Lipinski definition) is 1. The van der Waals surface area contributed by atoms with Crippen molar-refractivity contribution in [3.05, 3.63) is 63.6 Å². The van der Waals surface area contributed by atoms with Gasteiger partial charge in [0.1, 0.15) is 5.54 Å². The molecule has 2 aromatic rings. The quantitative estimate of drug-likeness (QED) is 0.563. The number of anilines is 1. The van der Waals surface area contributed by atoms with Gasteiger partial charge in [0.15, 0.2) is 0 Å². The van der Waals surface area contributed by atoms with E-state index in [1.165, 1.54) is 6.42 Å². The number of nitrogens with one attached hydrogen (secondary N) is 1. The molecule has 0 bridgehead atoms. The summed E-state index contributed by atoms with van der Waals surface area (Å²) in [5.74, 6) is 0.451. The summed E-state index contributed by atoms with van der Waals surface area (Å²) in [4.78, 5) is 31.8. The number of carbonyl (C=O) groups is 2. The lowest BCUT2D eigenvalue weighted by Crippen LogP contribution is -2.60. The zero-order valence-electron chi connectivity index (χ0n) is 20.6. The number of benzene rings is 2. The van der Waals surface area contributed by atoms with E-state index >= 15 is 0 Å². The Kier molecular flexibility index (Phi) is 7.59. The molecule has 5 rings (SSSR count). The first-order chi connectivity index (χ1) is 17.4. The summed E-state index contributed by atoms with van der Waals surface area (Å²) >= 11 is 12.7. The van der Waals surface area contributed by atoms with Crippen molar-refractivity contribution in [1.82, 2.24) is 9.80 Å². The number of halogens is 2. The van der Waals surface area contributed by atoms with Crippen LogP contribution in [-0.2, 0) is 26.3 Å². The SMILES string of the molecule is C[C@@H]1CCC[C@@H](N(CC(=O)N2CCOCC2)C2(Cc3cccc(Cl)c3)C(=O)Nc3cc(Cl)ccc32)C1. The normalized spacial score (nSPS) is 26.1. The average molecular weight is 530 g/mol. The van der Waals surface area contributed by atoms with Crippen molar-refractivity contribution in [1.29, 1.82) is 0 Å². The lowest BCUT2D eigenvalue weighted by Gasteiger charge is -2.47. The van der Waals surface area contributed by atoms with Gasteiger partial charge in [0.05, 0.1) is 19.8 Å². The van der Waals surface area contributed by atoms with Gasteiger partial charge in [-0.1, -0.05) is 61.2 Å². The van der Waals surface area contributed by atoms with Crippen molar-refractivity contribution < 1.29 is 14.3 Å². The summed E-state index contributed by atoms with van der Waals surface area (Å²) in [5, 5.41) is 4.29. The number of ether oxygens (including phenoxy) is 1. The van der Waals surface area contributed by atoms with Gasteiger partial charge in [-0.2, -0.15) is 0 Å². The van der Waals surface area contributed by atoms with Gasteiger partial charge in [0.25, 0.3) is 0 Å². The molecule has 3 aliphatic rings. The second-order valence-corrected chi connectivity index (χ2v) is 11.2. The number of nitrogens with zero attached hydrogens (tertiary/aromatic N) is 2. The number of amides is 2. The molecule has 1 unspecified atom stereocenters. The van der Waals surface area contributed by atoms with Crippen molar-refractivity contribution in [3.8, 4) is 0 Å². The predicted molar refractivity (Wildman–Crippen MR) is 142 cm³/mol. The van der Waals surface area contributed by atoms with Crippen LogP contribution in [0.25, 0.3) is 0 Å². The molecule has 2 fully saturated rings. The summed E-state index contributed by atoms with van der Waals surface area (Å²) in [7, 11) is 0. The molecule has 36 heavy (non-hydrogen) atoms. The topological polar surface area (TPSA) is 61.9 Å². The number of rotatable bonds is 6. The summed E-state index contributed by atoms with van der Waals surface area (Å²) < 4.78 is 5.47. The van der Waals surface area contributed by atoms with Crippen LogP contribution in [0, 0.1) is 5.92 Å². The summed E-state index contributed by atoms with van der Waals surface area (Å²) in [6.07, 6.45) is 4.56. The molecule has 0 aromatic heterocycles. The second kappa shape index (κ2) is 10.7. The van der Waals surface area contributed by atoms with Gasteiger partial charge in [-0.3, -0.25) is 14.5 Å². The van der Waals surface area contributed by atoms with Crippen molar-refractivity contribution in [3.63, 3.8) is 0 Å². The van der Waals surface area contributed by atoms with Crippen LogP contribution in [0.3, 0.4) is 0 Å². The molecule has 192 valence electrons. The minimum Gasteiger partial charge on any atom is -0.378 e. The van der Waals surface area contributed by atoms with E-state index in [4.69, 9.17) is 27.9 Å². The highest BCUT2D eigenvalue weighted by atomic mass is 35.5. The maximum absolute atomic E-state index is 14.1. The lowest BCUT2D eigenvalue weighted by atomic mass is 9.78. The van der Waals surface area contributed by atoms with Gasteiger partial charge in [-0.05, 0) is 48.6 Å². The Morgan fingerprint density at radius 2 is 1.92 bits per heavy atom. The van der Waals surface area contributed by atoms with E-state index in [1.54, 1.807) is 6.07 Å². The van der Waals surface area contributed by atoms with E-state index in [9.17, 15) is 9.59 Å². The summed E-state index contributed by atoms with van der Waals surface area (Å²) in [5.41, 5.74) is 1.48. The van der Waals surface area contributed by atoms with Crippen molar-refractivity contribution in [2.24, 2.45) is 5.92 Å². The first-order valence-corrected chi connectivity index (χ1v) is 13.6. The van der Waals surface area contributed by atoms with Crippen LogP contribution in [-0.4, -0.2) is 60.5 Å². The van der Waals surface area contributed by atoms with E-state index in [0.717, 1.165) is 30.4 Å². The maximum atomic E-state index is 14.1. The average Bonchev–Trinajstić information content (AvgIpc) is 3.13. The minimum atomic E-state index is -1.05. The molecule has 2 aromatic carbocycles. The Labute approximate surface area is 222 Å². The highest BCUT2D eigenvalue weighted by Crippen LogP contribution is 2.47. The van der Waals surface area contributed by atoms with Crippen LogP contribution >= 0.6 is 23.2 Å². The molecule has 2 aliphatic heterocycles. The van der Waals surface area contributed by atoms with Gasteiger partial charge in [0.2, 0.25) is 11.8 Å². The smallest absolute Gasteiger partial charge is 0.249 e. The molecule has 0 spiro atoms. The zero-order chi connectivity index (χ0) is 25.3. The highest BCUT2D eigenvalue weighted by Gasteiger charge is 2.54. The Balaban J connectivity index is 1.62. The highest BCUT2D eigenvalue weighted by molar-refractivity contribution is 6.31. The third kappa shape index (κ3) is 5.01. The van der Waals surface area contributed by atoms with Crippen LogP contribution in [0.1, 0.15) is 43.7 Å². The van der Waals surface area contributed by atoms with E-state index in [2.05, 4.69) is 17.1 Å². The molecule has 8 heteroatoms. The molecule has 2 amide bonds. The number of morpholine rings is 1. The first-order valence-electron chi connectivity index (χ1n) is 12.8. The third-order valence-electron chi connectivity index (χ3n) is 7.91. The molecule has 0 radical (unpaired) electrons. The Hall–Kier alpha value is -2.12. The van der Waals surface area contributed by atoms with Gasteiger partial charge < -0.3 is 15.0 Å². The molecule has 6 nitrogen and oxygen atoms in total. The standard InChI is InChI=1S/C28H33Cl2N3O3/c1-19-4-2-7-23(14-19)33(18-26(34)32-10-12-36-13-11-32)28(17-20-5-3-6-21(29)15-20)24-9-8-22(30)16-25(24)31-27(28)35/h3,5-6,8-9,15-16,19,23H,2,4,7,10-14,17-18H2,1H3,(H,31,35)/t19-,23-,28?/m1/s1. The molecule has 1 saturated carbocycles. The number of hydrogen-bond acceptors (Lipinski definition) is 4. The van der Waals surface area contributed by atoms with E-state index in [-0.39, 0.29) is 24.4 Å². The van der Waals surface area contributed by atoms with E-state index in [1.807, 2.05) is 41.3 Å². The summed E-state index contributed by atoms with van der Waals surface area (Å²) in [6.45, 7) is 4.68. The maximum Gasteiger partial charge on any atom is 0.249 e. The Bertz CT molecular complexity index is 1140. The van der Waals surface area contributed by atoms with Gasteiger partial charge >= 0.3 is 0 Å². The van der Waals surface area contributed by atoms with Crippen molar-refractivity contribution in [2.45, 2.75) is 50.6 Å². The first kappa shape index (κ1) is 25.5. The number of carbonyl (C=O) groups excluding carboxylic acids is 2. The monoisotopic (exact) mass is 529 g/mol. The summed E-state index contributed by atoms with van der Waals surface area (Å²) in [6, 6.07) is 13.3. The number of fused-ring (bicyclic) bond motifs is 1. The van der Waals surface area contributed by atoms with Crippen LogP contribution < -0.4 is 5.32 Å². The predicted octanol–water partition coefficient (Wildman–Crippen LogP) is 5.12. The Morgan fingerprint density at radius 3 is 2.67 bits per heavy atom. The van der Waals surface area contributed by atoms with E-state index in [0.29, 0.717) is 54.4 Å². The molecule has 3 atom stereocenters. The molecular formula is C28H33Cl2N3O3. The fourth-order valence-corrected chi connectivity index (χ4v) is 6.54. The lowest BCUT2D eigenvalue weighted by molar-refractivity contribution is -0.143. The van der Waals surface area contributed by atoms with Crippen molar-refractivity contribution in [2.75, 3.05) is 38.2 Å². The fraction of sp³-hybridized carbons (Fsp3) is 0.500. The van der Waals surface area contributed by atoms with Crippen LogP contribution in [0.2, 0.25) is 10.0 Å². The van der Waals surface area contributed by atoms with Gasteiger partial charge in [-0.25, -0.2) is 0 Å². The van der Waals surface area contributed by atoms with Crippen LogP contribution in [0.15, 0.2) is 42.5 Å². The largest absolute Gasteiger partial charge is 0.378 e. The molecule has 1 N–H and O–H groups in total. The van der Waals surface area contributed by atoms with Crippen LogP contribution in [0.4, 0.5) is 5.69 Å². The minimum absolute atomic E-state index is 0.0391. The molecule has 1 saturated heterocycles. The Morgan fingerprint density at radius 1 is 1.14 bits per heavy atom. The van der Waals surface area contributed by atoms with Gasteiger partial charge in [0, 0.05) is 46.8 Å².